The van der Waals surface area contributed by atoms with Crippen molar-refractivity contribution in [3.05, 3.63) is 12.2 Å². The summed E-state index contributed by atoms with van der Waals surface area (Å²) in [6.45, 7) is 88.1. The van der Waals surface area contributed by atoms with Crippen LogP contribution in [0.15, 0.2) is 12.2 Å². The lowest BCUT2D eigenvalue weighted by molar-refractivity contribution is -0.170. The fraction of sp³-hybridized carbons (Fsp3) is 0.905. The summed E-state index contributed by atoms with van der Waals surface area (Å²) in [6.07, 6.45) is 32.7. The summed E-state index contributed by atoms with van der Waals surface area (Å²) in [5.41, 5.74) is -2.04. The van der Waals surface area contributed by atoms with Crippen LogP contribution in [0.4, 0.5) is 0 Å². The van der Waals surface area contributed by atoms with E-state index < -0.39 is 0 Å². The van der Waals surface area contributed by atoms with E-state index in [2.05, 4.69) is 208 Å². The van der Waals surface area contributed by atoms with Gasteiger partial charge < -0.3 is 47.7 Å². The number of allylic oxidation sites excluding steroid dienone is 2. The van der Waals surface area contributed by atoms with Crippen molar-refractivity contribution < 1.29 is 81.0 Å². The number of rotatable bonds is 26. The third-order valence-electron chi connectivity index (χ3n) is 34.7. The van der Waals surface area contributed by atoms with E-state index in [1.54, 1.807) is 0 Å². The van der Waals surface area contributed by atoms with Crippen LogP contribution in [0.2, 0.25) is 0 Å². The Morgan fingerprint density at radius 3 is 0.820 bits per heavy atom. The molecule has 139 heavy (non-hydrogen) atoms. The number of esters is 7. The fourth-order valence-corrected chi connectivity index (χ4v) is 19.8. The first-order chi connectivity index (χ1) is 63.3. The van der Waals surface area contributed by atoms with E-state index in [-0.39, 0.29) is 148 Å². The maximum Gasteiger partial charge on any atom is 0.311 e. The number of amides is 2. The Kier molecular flexibility index (Phi) is 52.1. The molecule has 7 atom stereocenters. The first kappa shape index (κ1) is 132. The Morgan fingerprint density at radius 1 is 0.345 bits per heavy atom. The average molecular weight is 1970 g/mol. The highest BCUT2D eigenvalue weighted by Crippen LogP contribution is 2.57. The Morgan fingerprint density at radius 2 is 0.590 bits per heavy atom. The van der Waals surface area contributed by atoms with Crippen LogP contribution in [0.3, 0.4) is 0 Å². The molecule has 6 saturated heterocycles. The summed E-state index contributed by atoms with van der Waals surface area (Å²) in [5, 5.41) is 0. The highest BCUT2D eigenvalue weighted by molar-refractivity contribution is 5.79. The van der Waals surface area contributed by atoms with E-state index >= 15 is 0 Å². The van der Waals surface area contributed by atoms with Gasteiger partial charge in [-0.3, -0.25) is 62.8 Å². The van der Waals surface area contributed by atoms with Crippen LogP contribution in [0, 0.1) is 61.6 Å². The molecule has 2 bridgehead atoms. The second kappa shape index (κ2) is 55.0. The topological polar surface area (TPSA) is 247 Å². The van der Waals surface area contributed by atoms with Gasteiger partial charge in [-0.15, -0.1) is 0 Å². The molecule has 23 heteroatoms. The summed E-state index contributed by atoms with van der Waals surface area (Å²) >= 11 is 0. The summed E-state index contributed by atoms with van der Waals surface area (Å²) in [7, 11) is 11.5. The molecule has 0 aromatic rings. The van der Waals surface area contributed by atoms with Crippen LogP contribution in [0.25, 0.3) is 0 Å². The molecule has 814 valence electrons. The molecule has 9 rings (SSSR count). The minimum Gasteiger partial charge on any atom is -0.469 e. The molecule has 0 aromatic heterocycles. The molecule has 9 aliphatic rings. The number of ether oxygens (including phenoxy) is 8. The lowest BCUT2D eigenvalue weighted by Gasteiger charge is -2.53. The lowest BCUT2D eigenvalue weighted by Crippen LogP contribution is -2.60. The molecule has 7 unspecified atom stereocenters. The van der Waals surface area contributed by atoms with Crippen molar-refractivity contribution in [2.45, 2.75) is 551 Å². The minimum atomic E-state index is -0.381. The number of hydrogen-bond acceptors (Lipinski definition) is 21. The lowest BCUT2D eigenvalue weighted by atomic mass is 9.78. The monoisotopic (exact) mass is 1970 g/mol. The first-order valence-electron chi connectivity index (χ1n) is 54.3. The molecule has 3 aliphatic carbocycles. The van der Waals surface area contributed by atoms with Gasteiger partial charge in [0.15, 0.2) is 0 Å². The molecule has 23 nitrogen and oxygen atoms in total. The van der Waals surface area contributed by atoms with Crippen LogP contribution in [-0.2, 0) is 81.0 Å². The molecule has 0 aromatic carbocycles. The van der Waals surface area contributed by atoms with Gasteiger partial charge in [-0.2, -0.15) is 0 Å². The molecule has 6 aliphatic heterocycles. The van der Waals surface area contributed by atoms with E-state index in [1.807, 2.05) is 155 Å². The predicted octanol–water partition coefficient (Wildman–Crippen LogP) is 25.6. The Balaban J connectivity index is 0.000000793. The number of nitrogens with zero attached hydrogens (tertiary/aromatic N) is 6. The smallest absolute Gasteiger partial charge is 0.311 e. The Labute approximate surface area is 852 Å². The van der Waals surface area contributed by atoms with Crippen molar-refractivity contribution in [2.75, 3.05) is 68.7 Å². The number of piperidine rings is 4. The summed E-state index contributed by atoms with van der Waals surface area (Å²) in [6, 6.07) is 0.881. The highest BCUT2D eigenvalue weighted by atomic mass is 16.6. The molecule has 8 fully saturated rings. The first-order valence-corrected chi connectivity index (χ1v) is 54.3. The van der Waals surface area contributed by atoms with Crippen molar-refractivity contribution >= 4 is 53.6 Å². The van der Waals surface area contributed by atoms with Gasteiger partial charge in [0.1, 0.15) is 31.0 Å². The summed E-state index contributed by atoms with van der Waals surface area (Å²) in [4.78, 5) is 119. The molecule has 2 amide bonds. The second-order valence-corrected chi connectivity index (χ2v) is 51.8. The van der Waals surface area contributed by atoms with Crippen LogP contribution < -0.4 is 0 Å². The zero-order valence-corrected chi connectivity index (χ0v) is 98.8. The molecule has 0 N–H and O–H groups in total. The van der Waals surface area contributed by atoms with Crippen molar-refractivity contribution in [1.82, 2.24) is 29.4 Å². The molecule has 6 heterocycles. The van der Waals surface area contributed by atoms with E-state index in [1.165, 1.54) is 59.2 Å². The number of fused-ring (bicyclic) bond motifs is 5. The van der Waals surface area contributed by atoms with Gasteiger partial charge in [-0.05, 0) is 376 Å². The average Bonchev–Trinajstić information content (AvgIpc) is 1.59. The standard InChI is InChI=1S/C18H28O3.4C16H31NO2.2C10H19NO.2C7H14O2/c1-4-18(2,3)17(19)21-9-8-20-16-11-12-10-15(16)14-7-5-6-13(12)14;4*1-9-14(2,3)13(18)19-12-10-15(4,5)17(8)16(6,7)11-12;2*1-3-9(2)11-8-6-4-5-7-10(11)12;2*1-5-7(2,3)6(8)9-4/h5,7,12-16H,4,6,8-11H2,1-3H3;4*12H,9-11H2,1-8H3;2*9H,3-8H2,1-2H3;2*5H2,1-4H3. The number of methoxy groups -OCH3 is 2. The second-order valence-electron chi connectivity index (χ2n) is 51.8. The normalized spacial score (nSPS) is 24.1. The molecule has 0 spiro atoms. The Bertz CT molecular complexity index is 3400. The quantitative estimate of drug-likeness (QED) is 0.0338. The highest BCUT2D eigenvalue weighted by Gasteiger charge is 2.54. The van der Waals surface area contributed by atoms with E-state index in [9.17, 15) is 43.2 Å². The maximum atomic E-state index is 12.2. The van der Waals surface area contributed by atoms with Crippen molar-refractivity contribution in [3.63, 3.8) is 0 Å². The van der Waals surface area contributed by atoms with Gasteiger partial charge >= 0.3 is 41.8 Å². The van der Waals surface area contributed by atoms with Crippen LogP contribution in [-0.4, -0.2) is 239 Å². The number of hydrogen-bond donors (Lipinski definition) is 0. The van der Waals surface area contributed by atoms with Crippen LogP contribution >= 0.6 is 0 Å². The van der Waals surface area contributed by atoms with E-state index in [0.717, 1.165) is 166 Å². The zero-order valence-electron chi connectivity index (χ0n) is 98.8. The van der Waals surface area contributed by atoms with Gasteiger partial charge in [0.2, 0.25) is 11.8 Å². The fourth-order valence-electron chi connectivity index (χ4n) is 19.8. The molecule has 2 saturated carbocycles. The third-order valence-corrected chi connectivity index (χ3v) is 34.7. The number of carbonyl (C=O) groups is 9. The van der Waals surface area contributed by atoms with Crippen molar-refractivity contribution in [2.24, 2.45) is 61.6 Å². The third kappa shape index (κ3) is 39.8. The minimum absolute atomic E-state index is 0.0273. The zero-order chi connectivity index (χ0) is 108. The summed E-state index contributed by atoms with van der Waals surface area (Å²) < 4.78 is 43.7. The van der Waals surface area contributed by atoms with Gasteiger partial charge in [-0.1, -0.05) is 87.3 Å². The maximum absolute atomic E-state index is 12.2. The SMILES string of the molecule is CCC(C)(C)C(=O)OC.CCC(C)(C)C(=O)OC.CCC(C)(C)C(=O)OC1CC(C)(C)N(C)C(C)(C)C1.CCC(C)(C)C(=O)OC1CC(C)(C)N(C)C(C)(C)C1.CCC(C)(C)C(=O)OC1CC(C)(C)N(C)C(C)(C)C1.CCC(C)(C)C(=O)OC1CC(C)(C)N(C)C(C)(C)C1.CCC(C)(C)C(=O)OCCOC1CC2CC1C1C=CCC21.CCC(C)N1CCCCCC1=O.CCC(C)N1CCCCCC1=O. The van der Waals surface area contributed by atoms with Crippen molar-refractivity contribution in [1.29, 1.82) is 0 Å². The molecule has 0 radical (unpaired) electrons. The van der Waals surface area contributed by atoms with Gasteiger partial charge in [0.05, 0.1) is 64.8 Å². The van der Waals surface area contributed by atoms with Gasteiger partial charge in [-0.25, -0.2) is 0 Å². The van der Waals surface area contributed by atoms with Gasteiger partial charge in [0.25, 0.3) is 0 Å². The van der Waals surface area contributed by atoms with Crippen LogP contribution in [0.5, 0.6) is 0 Å². The largest absolute Gasteiger partial charge is 0.469 e. The van der Waals surface area contributed by atoms with Gasteiger partial charge in [0, 0.05) is 134 Å². The molecular weight excluding hydrogens is 1750 g/mol. The van der Waals surface area contributed by atoms with Crippen molar-refractivity contribution in [3.8, 4) is 0 Å². The van der Waals surface area contributed by atoms with E-state index in [4.69, 9.17) is 28.4 Å². The van der Waals surface area contributed by atoms with E-state index in [0.29, 0.717) is 49.1 Å². The Hall–Kier alpha value is -5.23. The predicted molar refractivity (Wildman–Crippen MR) is 570 cm³/mol. The number of likely N-dealkylation sites (tertiary alicyclic amines) is 6. The molecular formula is C116H218N6O17. The number of carbonyl (C=O) groups excluding carboxylic acids is 9. The van der Waals surface area contributed by atoms with Crippen LogP contribution in [0.1, 0.15) is 464 Å². The summed E-state index contributed by atoms with van der Waals surface area (Å²) in [5.74, 6) is 3.34.